The molecule has 0 aliphatic heterocycles. The minimum Gasteiger partial charge on any atom is -0.392 e. The minimum absolute atomic E-state index is 0.0472. The monoisotopic (exact) mass is 176 g/mol. The Balaban J connectivity index is 1.92. The second kappa shape index (κ2) is 2.27. The van der Waals surface area contributed by atoms with E-state index < -0.39 is 0 Å². The van der Waals surface area contributed by atoms with E-state index >= 15 is 0 Å². The third kappa shape index (κ3) is 0.655. The molecule has 0 heterocycles. The number of aliphatic hydroxyl groups is 1. The maximum absolute atomic E-state index is 9.91. The van der Waals surface area contributed by atoms with E-state index in [0.29, 0.717) is 5.92 Å². The summed E-state index contributed by atoms with van der Waals surface area (Å²) in [6, 6.07) is 0. The van der Waals surface area contributed by atoms with Crippen molar-refractivity contribution in [1.82, 2.24) is 0 Å². The van der Waals surface area contributed by atoms with Gasteiger partial charge in [-0.1, -0.05) is 24.3 Å². The van der Waals surface area contributed by atoms with Crippen molar-refractivity contribution in [3.8, 4) is 0 Å². The zero-order valence-corrected chi connectivity index (χ0v) is 7.98. The molecule has 5 unspecified atom stereocenters. The van der Waals surface area contributed by atoms with Crippen LogP contribution in [0, 0.1) is 23.2 Å². The Hall–Kier alpha value is -0.560. The average molecular weight is 176 g/mol. The predicted octanol–water partition coefficient (Wildman–Crippen LogP) is 2.14. The first-order chi connectivity index (χ1) is 6.30. The van der Waals surface area contributed by atoms with Gasteiger partial charge < -0.3 is 5.11 Å². The Morgan fingerprint density at radius 2 is 2.31 bits per heavy atom. The van der Waals surface area contributed by atoms with Crippen LogP contribution < -0.4 is 0 Å². The van der Waals surface area contributed by atoms with Gasteiger partial charge in [-0.05, 0) is 37.5 Å². The fourth-order valence-electron chi connectivity index (χ4n) is 3.81. The molecule has 1 spiro atoms. The van der Waals surface area contributed by atoms with Crippen LogP contribution in [-0.4, -0.2) is 11.2 Å². The Bertz CT molecular complexity index is 291. The molecule has 0 aromatic rings. The Morgan fingerprint density at radius 1 is 1.46 bits per heavy atom. The molecule has 3 aliphatic carbocycles. The maximum atomic E-state index is 9.91. The number of rotatable bonds is 1. The highest BCUT2D eigenvalue weighted by Crippen LogP contribution is 2.70. The molecule has 0 aromatic carbocycles. The first kappa shape index (κ1) is 7.81. The van der Waals surface area contributed by atoms with Crippen molar-refractivity contribution in [3.05, 3.63) is 24.3 Å². The summed E-state index contributed by atoms with van der Waals surface area (Å²) in [6.07, 6.45) is 11.2. The van der Waals surface area contributed by atoms with E-state index in [1.807, 2.05) is 0 Å². The second-order valence-electron chi connectivity index (χ2n) is 4.69. The molecule has 0 aromatic heterocycles. The SMILES string of the molecule is C/C=C/C1C2C=CC23C(O)CCC13. The highest BCUT2D eigenvalue weighted by atomic mass is 16.3. The van der Waals surface area contributed by atoms with Crippen LogP contribution in [0.4, 0.5) is 0 Å². The molecule has 3 rings (SSSR count). The summed E-state index contributed by atoms with van der Waals surface area (Å²) in [7, 11) is 0. The molecule has 0 bridgehead atoms. The molecule has 70 valence electrons. The summed E-state index contributed by atoms with van der Waals surface area (Å²) in [6.45, 7) is 2.09. The van der Waals surface area contributed by atoms with Crippen molar-refractivity contribution in [3.63, 3.8) is 0 Å². The zero-order valence-electron chi connectivity index (χ0n) is 7.98. The Kier molecular flexibility index (Phi) is 1.36. The lowest BCUT2D eigenvalue weighted by molar-refractivity contribution is -0.0965. The summed E-state index contributed by atoms with van der Waals surface area (Å²) in [5, 5.41) is 9.91. The maximum Gasteiger partial charge on any atom is 0.0639 e. The lowest BCUT2D eigenvalue weighted by atomic mass is 9.42. The normalized spacial score (nSPS) is 57.1. The van der Waals surface area contributed by atoms with E-state index in [2.05, 4.69) is 31.2 Å². The molecule has 1 heteroatoms. The number of aliphatic hydroxyl groups excluding tert-OH is 1. The Labute approximate surface area is 79.2 Å². The summed E-state index contributed by atoms with van der Waals surface area (Å²) in [5.74, 6) is 2.13. The van der Waals surface area contributed by atoms with E-state index in [-0.39, 0.29) is 11.5 Å². The fraction of sp³-hybridized carbons (Fsp3) is 0.667. The third-order valence-electron chi connectivity index (χ3n) is 4.43. The first-order valence-electron chi connectivity index (χ1n) is 5.31. The molecular formula is C12H16O. The van der Waals surface area contributed by atoms with Gasteiger partial charge in [0, 0.05) is 5.41 Å². The van der Waals surface area contributed by atoms with Gasteiger partial charge >= 0.3 is 0 Å². The zero-order chi connectivity index (χ0) is 9.05. The summed E-state index contributed by atoms with van der Waals surface area (Å²) in [5.41, 5.74) is 0.226. The van der Waals surface area contributed by atoms with Crippen molar-refractivity contribution in [2.24, 2.45) is 23.2 Å². The lowest BCUT2D eigenvalue weighted by Crippen LogP contribution is -2.60. The van der Waals surface area contributed by atoms with Crippen molar-refractivity contribution in [2.45, 2.75) is 25.9 Å². The van der Waals surface area contributed by atoms with Gasteiger partial charge in [-0.2, -0.15) is 0 Å². The smallest absolute Gasteiger partial charge is 0.0639 e. The van der Waals surface area contributed by atoms with E-state index in [0.717, 1.165) is 18.3 Å². The van der Waals surface area contributed by atoms with Gasteiger partial charge in [0.15, 0.2) is 0 Å². The fourth-order valence-corrected chi connectivity index (χ4v) is 3.81. The molecule has 0 amide bonds. The van der Waals surface area contributed by atoms with Gasteiger partial charge in [0.1, 0.15) is 0 Å². The largest absolute Gasteiger partial charge is 0.392 e. The number of allylic oxidation sites excluding steroid dienone is 3. The molecule has 0 saturated heterocycles. The summed E-state index contributed by atoms with van der Waals surface area (Å²) in [4.78, 5) is 0. The van der Waals surface area contributed by atoms with Crippen LogP contribution in [0.2, 0.25) is 0 Å². The highest BCUT2D eigenvalue weighted by Gasteiger charge is 2.67. The predicted molar refractivity (Wildman–Crippen MR) is 52.1 cm³/mol. The first-order valence-corrected chi connectivity index (χ1v) is 5.31. The molecule has 3 aliphatic rings. The van der Waals surface area contributed by atoms with E-state index in [1.165, 1.54) is 6.42 Å². The molecular weight excluding hydrogens is 160 g/mol. The van der Waals surface area contributed by atoms with Crippen LogP contribution in [0.25, 0.3) is 0 Å². The molecule has 0 radical (unpaired) electrons. The number of hydrogen-bond acceptors (Lipinski definition) is 1. The van der Waals surface area contributed by atoms with Crippen molar-refractivity contribution < 1.29 is 5.11 Å². The van der Waals surface area contributed by atoms with Gasteiger partial charge in [-0.3, -0.25) is 0 Å². The molecule has 5 atom stereocenters. The van der Waals surface area contributed by atoms with Gasteiger partial charge in [0.2, 0.25) is 0 Å². The van der Waals surface area contributed by atoms with E-state index in [9.17, 15) is 5.11 Å². The average Bonchev–Trinajstić information content (AvgIpc) is 2.40. The van der Waals surface area contributed by atoms with Crippen molar-refractivity contribution >= 4 is 0 Å². The van der Waals surface area contributed by atoms with Gasteiger partial charge in [0.25, 0.3) is 0 Å². The van der Waals surface area contributed by atoms with Crippen LogP contribution in [0.15, 0.2) is 24.3 Å². The van der Waals surface area contributed by atoms with Crippen LogP contribution >= 0.6 is 0 Å². The minimum atomic E-state index is -0.0472. The highest BCUT2D eigenvalue weighted by molar-refractivity contribution is 5.36. The van der Waals surface area contributed by atoms with Crippen LogP contribution in [0.5, 0.6) is 0 Å². The number of hydrogen-bond donors (Lipinski definition) is 1. The van der Waals surface area contributed by atoms with Crippen LogP contribution in [-0.2, 0) is 0 Å². The Morgan fingerprint density at radius 3 is 2.92 bits per heavy atom. The summed E-state index contributed by atoms with van der Waals surface area (Å²) < 4.78 is 0. The second-order valence-corrected chi connectivity index (χ2v) is 4.69. The van der Waals surface area contributed by atoms with E-state index in [1.54, 1.807) is 0 Å². The van der Waals surface area contributed by atoms with Gasteiger partial charge in [0.05, 0.1) is 6.10 Å². The topological polar surface area (TPSA) is 20.2 Å². The summed E-state index contributed by atoms with van der Waals surface area (Å²) >= 11 is 0. The lowest BCUT2D eigenvalue weighted by Gasteiger charge is -2.62. The van der Waals surface area contributed by atoms with Gasteiger partial charge in [-0.15, -0.1) is 0 Å². The molecule has 13 heavy (non-hydrogen) atoms. The third-order valence-corrected chi connectivity index (χ3v) is 4.43. The standard InChI is InChI=1S/C12H16O/c1-2-3-8-9-4-5-11(13)12(9)7-6-10(8)12/h2-3,6-11,13H,4-5H2,1H3/b3-2+. The van der Waals surface area contributed by atoms with Crippen LogP contribution in [0.1, 0.15) is 19.8 Å². The molecule has 1 N–H and O–H groups in total. The van der Waals surface area contributed by atoms with Crippen LogP contribution in [0.3, 0.4) is 0 Å². The molecule has 1 nitrogen and oxygen atoms in total. The van der Waals surface area contributed by atoms with Crippen molar-refractivity contribution in [1.29, 1.82) is 0 Å². The van der Waals surface area contributed by atoms with Crippen molar-refractivity contribution in [2.75, 3.05) is 0 Å². The quantitative estimate of drug-likeness (QED) is 0.607. The molecule has 2 fully saturated rings. The van der Waals surface area contributed by atoms with E-state index in [4.69, 9.17) is 0 Å². The van der Waals surface area contributed by atoms with Gasteiger partial charge in [-0.25, -0.2) is 0 Å². The molecule has 2 saturated carbocycles.